The van der Waals surface area contributed by atoms with E-state index in [1.165, 1.54) is 25.3 Å². The largest absolute Gasteiger partial charge is 0.438 e. The standard InChI is InChI=1S/C27H31F3N2O3/c28-27(29,30)20-13-15-23-22(17-20)32-26(35-23)25(34)21(14-11-18-7-3-1-4-8-18)31-24(33)16-12-19-9-5-2-6-10-19/h1,3-4,7-8,13,15,17,19,21,25,34H,2,5-6,9-12,14,16H2,(H,31,33)/t21-,25?/m0/s1. The van der Waals surface area contributed by atoms with E-state index in [1.54, 1.807) is 0 Å². The van der Waals surface area contributed by atoms with Crippen molar-refractivity contribution in [2.45, 2.75) is 76.1 Å². The third-order valence-corrected chi connectivity index (χ3v) is 6.80. The SMILES string of the molecule is O=C(CCC1CCCCC1)N[C@@H](CCc1ccccc1)C(O)c1nc2cc(C(F)(F)F)ccc2o1. The van der Waals surface area contributed by atoms with Gasteiger partial charge in [0.15, 0.2) is 11.7 Å². The van der Waals surface area contributed by atoms with Gasteiger partial charge in [-0.1, -0.05) is 62.4 Å². The number of hydrogen-bond acceptors (Lipinski definition) is 4. The summed E-state index contributed by atoms with van der Waals surface area (Å²) in [6.07, 6.45) is 2.39. The first-order chi connectivity index (χ1) is 16.8. The minimum Gasteiger partial charge on any atom is -0.438 e. The molecule has 1 aliphatic rings. The van der Waals surface area contributed by atoms with Gasteiger partial charge in [-0.15, -0.1) is 0 Å². The van der Waals surface area contributed by atoms with Crippen molar-refractivity contribution in [1.82, 2.24) is 10.3 Å². The number of aliphatic hydroxyl groups excluding tert-OH is 1. The number of aliphatic hydroxyl groups is 1. The van der Waals surface area contributed by atoms with E-state index in [-0.39, 0.29) is 22.9 Å². The highest BCUT2D eigenvalue weighted by atomic mass is 19.4. The van der Waals surface area contributed by atoms with Gasteiger partial charge in [-0.05, 0) is 48.9 Å². The highest BCUT2D eigenvalue weighted by Crippen LogP contribution is 2.33. The van der Waals surface area contributed by atoms with Crippen molar-refractivity contribution in [3.05, 3.63) is 65.5 Å². The molecule has 1 saturated carbocycles. The second-order valence-electron chi connectivity index (χ2n) is 9.42. The van der Waals surface area contributed by atoms with Crippen LogP contribution >= 0.6 is 0 Å². The van der Waals surface area contributed by atoms with Gasteiger partial charge in [-0.25, -0.2) is 4.98 Å². The van der Waals surface area contributed by atoms with Crippen molar-refractivity contribution >= 4 is 17.0 Å². The van der Waals surface area contributed by atoms with Crippen LogP contribution in [0.25, 0.3) is 11.1 Å². The molecule has 0 spiro atoms. The molecule has 1 aromatic heterocycles. The average Bonchev–Trinajstić information content (AvgIpc) is 3.29. The third kappa shape index (κ3) is 6.84. The number of nitrogens with zero attached hydrogens (tertiary/aromatic N) is 1. The molecule has 1 heterocycles. The number of benzene rings is 2. The zero-order valence-electron chi connectivity index (χ0n) is 19.6. The van der Waals surface area contributed by atoms with Crippen LogP contribution in [0.3, 0.4) is 0 Å². The lowest BCUT2D eigenvalue weighted by atomic mass is 9.86. The lowest BCUT2D eigenvalue weighted by Gasteiger charge is -2.24. The van der Waals surface area contributed by atoms with Crippen LogP contribution in [0.4, 0.5) is 13.2 Å². The number of alkyl halides is 3. The Hall–Kier alpha value is -2.87. The van der Waals surface area contributed by atoms with Crippen molar-refractivity contribution in [2.24, 2.45) is 5.92 Å². The van der Waals surface area contributed by atoms with Crippen LogP contribution in [0.15, 0.2) is 52.9 Å². The normalized spacial score (nSPS) is 16.8. The van der Waals surface area contributed by atoms with E-state index in [0.717, 1.165) is 37.0 Å². The van der Waals surface area contributed by atoms with Crippen molar-refractivity contribution in [1.29, 1.82) is 0 Å². The molecule has 2 N–H and O–H groups in total. The zero-order valence-corrected chi connectivity index (χ0v) is 19.6. The number of aryl methyl sites for hydroxylation is 1. The lowest BCUT2D eigenvalue weighted by Crippen LogP contribution is -2.40. The fourth-order valence-corrected chi connectivity index (χ4v) is 4.79. The first-order valence-electron chi connectivity index (χ1n) is 12.3. The van der Waals surface area contributed by atoms with Gasteiger partial charge in [0.2, 0.25) is 11.8 Å². The maximum absolute atomic E-state index is 13.1. The minimum absolute atomic E-state index is 0.0132. The molecule has 0 aliphatic heterocycles. The Kier molecular flexibility index (Phi) is 8.11. The Balaban J connectivity index is 1.48. The van der Waals surface area contributed by atoms with Gasteiger partial charge in [0.1, 0.15) is 5.52 Å². The number of aromatic nitrogens is 1. The summed E-state index contributed by atoms with van der Waals surface area (Å²) in [5, 5.41) is 14.0. The molecule has 2 aromatic carbocycles. The predicted molar refractivity (Wildman–Crippen MR) is 126 cm³/mol. The quantitative estimate of drug-likeness (QED) is 0.368. The van der Waals surface area contributed by atoms with Crippen molar-refractivity contribution in [2.75, 3.05) is 0 Å². The van der Waals surface area contributed by atoms with Gasteiger partial charge >= 0.3 is 6.18 Å². The van der Waals surface area contributed by atoms with Gasteiger partial charge in [0.05, 0.1) is 11.6 Å². The number of oxazole rings is 1. The second kappa shape index (κ2) is 11.2. The summed E-state index contributed by atoms with van der Waals surface area (Å²) in [5.41, 5.74) is 0.376. The summed E-state index contributed by atoms with van der Waals surface area (Å²) < 4.78 is 44.8. The Morgan fingerprint density at radius 3 is 2.57 bits per heavy atom. The Labute approximate surface area is 202 Å². The predicted octanol–water partition coefficient (Wildman–Crippen LogP) is 6.36. The van der Waals surface area contributed by atoms with Crippen LogP contribution in [0.5, 0.6) is 0 Å². The Morgan fingerprint density at radius 1 is 1.11 bits per heavy atom. The Morgan fingerprint density at radius 2 is 1.86 bits per heavy atom. The van der Waals surface area contributed by atoms with Crippen LogP contribution in [0, 0.1) is 5.92 Å². The van der Waals surface area contributed by atoms with E-state index in [9.17, 15) is 23.1 Å². The molecule has 35 heavy (non-hydrogen) atoms. The van der Waals surface area contributed by atoms with E-state index in [4.69, 9.17) is 4.42 Å². The molecule has 1 unspecified atom stereocenters. The summed E-state index contributed by atoms with van der Waals surface area (Å²) in [4.78, 5) is 16.9. The molecule has 0 radical (unpaired) electrons. The topological polar surface area (TPSA) is 75.4 Å². The molecule has 5 nitrogen and oxygen atoms in total. The van der Waals surface area contributed by atoms with E-state index in [2.05, 4.69) is 10.3 Å². The lowest BCUT2D eigenvalue weighted by molar-refractivity contribution is -0.137. The highest BCUT2D eigenvalue weighted by molar-refractivity contribution is 5.76. The summed E-state index contributed by atoms with van der Waals surface area (Å²) in [5.74, 6) is 0.301. The van der Waals surface area contributed by atoms with Crippen LogP contribution in [0.1, 0.15) is 74.5 Å². The first-order valence-corrected chi connectivity index (χ1v) is 12.3. The monoisotopic (exact) mass is 488 g/mol. The van der Waals surface area contributed by atoms with Gasteiger partial charge in [0, 0.05) is 6.42 Å². The molecule has 1 aliphatic carbocycles. The van der Waals surface area contributed by atoms with Crippen LogP contribution in [-0.2, 0) is 17.4 Å². The van der Waals surface area contributed by atoms with Gasteiger partial charge in [0.25, 0.3) is 0 Å². The molecule has 4 rings (SSSR count). The fraction of sp³-hybridized carbons (Fsp3) is 0.481. The number of fused-ring (bicyclic) bond motifs is 1. The minimum atomic E-state index is -4.50. The molecule has 2 atom stereocenters. The number of carbonyl (C=O) groups excluding carboxylic acids is 1. The summed E-state index contributed by atoms with van der Waals surface area (Å²) in [6, 6.07) is 12.0. The summed E-state index contributed by atoms with van der Waals surface area (Å²) >= 11 is 0. The summed E-state index contributed by atoms with van der Waals surface area (Å²) in [7, 11) is 0. The number of rotatable bonds is 9. The van der Waals surface area contributed by atoms with Crippen molar-refractivity contribution < 1.29 is 27.5 Å². The number of amides is 1. The van der Waals surface area contributed by atoms with Gasteiger partial charge in [-0.2, -0.15) is 13.2 Å². The van der Waals surface area contributed by atoms with Crippen LogP contribution in [-0.4, -0.2) is 22.0 Å². The smallest absolute Gasteiger partial charge is 0.416 e. The van der Waals surface area contributed by atoms with Crippen molar-refractivity contribution in [3.63, 3.8) is 0 Å². The fourth-order valence-electron chi connectivity index (χ4n) is 4.79. The molecular formula is C27H31F3N2O3. The molecule has 0 saturated heterocycles. The molecular weight excluding hydrogens is 457 g/mol. The van der Waals surface area contributed by atoms with Crippen LogP contribution < -0.4 is 5.32 Å². The number of nitrogens with one attached hydrogen (secondary N) is 1. The third-order valence-electron chi connectivity index (χ3n) is 6.80. The molecule has 1 amide bonds. The molecule has 1 fully saturated rings. The Bertz CT molecular complexity index is 1110. The highest BCUT2D eigenvalue weighted by Gasteiger charge is 2.32. The summed E-state index contributed by atoms with van der Waals surface area (Å²) in [6.45, 7) is 0. The van der Waals surface area contributed by atoms with Crippen LogP contribution in [0.2, 0.25) is 0 Å². The molecule has 188 valence electrons. The number of hydrogen-bond donors (Lipinski definition) is 2. The number of halogens is 3. The van der Waals surface area contributed by atoms with E-state index in [0.29, 0.717) is 25.2 Å². The first kappa shape index (κ1) is 25.2. The average molecular weight is 489 g/mol. The van der Waals surface area contributed by atoms with Crippen molar-refractivity contribution in [3.8, 4) is 0 Å². The van der Waals surface area contributed by atoms with E-state index < -0.39 is 23.9 Å². The molecule has 8 heteroatoms. The van der Waals surface area contributed by atoms with Gasteiger partial charge in [-0.3, -0.25) is 4.79 Å². The maximum Gasteiger partial charge on any atom is 0.416 e. The van der Waals surface area contributed by atoms with E-state index >= 15 is 0 Å². The maximum atomic E-state index is 13.1. The zero-order chi connectivity index (χ0) is 24.8. The molecule has 0 bridgehead atoms. The second-order valence-corrected chi connectivity index (χ2v) is 9.42. The van der Waals surface area contributed by atoms with E-state index in [1.807, 2.05) is 30.3 Å². The van der Waals surface area contributed by atoms with Gasteiger partial charge < -0.3 is 14.8 Å². The molecule has 3 aromatic rings. The number of carbonyl (C=O) groups is 1.